The molecule has 2 aromatic rings. The molecule has 1 atom stereocenters. The van der Waals surface area contributed by atoms with E-state index in [0.29, 0.717) is 19.8 Å². The lowest BCUT2D eigenvalue weighted by atomic mass is 10.1. The molecule has 0 spiro atoms. The number of ether oxygens (including phenoxy) is 2. The maximum Gasteiger partial charge on any atom is 0.315 e. The van der Waals surface area contributed by atoms with Crippen molar-refractivity contribution < 1.29 is 14.3 Å². The van der Waals surface area contributed by atoms with Gasteiger partial charge in [0.1, 0.15) is 6.33 Å². The first-order chi connectivity index (χ1) is 12.2. The van der Waals surface area contributed by atoms with E-state index in [2.05, 4.69) is 20.8 Å². The van der Waals surface area contributed by atoms with E-state index in [-0.39, 0.29) is 12.1 Å². The molecule has 1 aromatic heterocycles. The zero-order chi connectivity index (χ0) is 17.6. The minimum Gasteiger partial charge on any atom is -0.490 e. The van der Waals surface area contributed by atoms with Crippen LogP contribution in [0.1, 0.15) is 37.7 Å². The number of hydrogen-bond donors (Lipinski definition) is 2. The van der Waals surface area contributed by atoms with Crippen LogP contribution in [0.4, 0.5) is 4.79 Å². The van der Waals surface area contributed by atoms with Crippen molar-refractivity contribution in [3.05, 3.63) is 35.9 Å². The van der Waals surface area contributed by atoms with Crippen LogP contribution < -0.4 is 20.1 Å². The first-order valence-corrected chi connectivity index (χ1v) is 8.48. The van der Waals surface area contributed by atoms with Crippen LogP contribution >= 0.6 is 0 Å². The molecule has 1 aliphatic heterocycles. The zero-order valence-corrected chi connectivity index (χ0v) is 14.5. The monoisotopic (exact) mass is 345 g/mol. The quantitative estimate of drug-likeness (QED) is 0.865. The number of carbonyl (C=O) groups is 1. The van der Waals surface area contributed by atoms with Gasteiger partial charge < -0.3 is 24.7 Å². The second-order valence-electron chi connectivity index (χ2n) is 5.84. The summed E-state index contributed by atoms with van der Waals surface area (Å²) in [5.41, 5.74) is 0.955. The normalized spacial score (nSPS) is 14.5. The molecule has 2 amide bonds. The predicted molar refractivity (Wildman–Crippen MR) is 91.5 cm³/mol. The first-order valence-electron chi connectivity index (χ1n) is 8.48. The molecule has 0 saturated heterocycles. The molecule has 8 nitrogen and oxygen atoms in total. The van der Waals surface area contributed by atoms with Gasteiger partial charge in [-0.3, -0.25) is 0 Å². The molecule has 0 bridgehead atoms. The number of benzene rings is 1. The van der Waals surface area contributed by atoms with Crippen molar-refractivity contribution in [2.24, 2.45) is 0 Å². The van der Waals surface area contributed by atoms with Gasteiger partial charge in [-0.1, -0.05) is 6.07 Å². The molecule has 1 aliphatic rings. The lowest BCUT2D eigenvalue weighted by Crippen LogP contribution is -2.37. The van der Waals surface area contributed by atoms with Crippen LogP contribution in [0.5, 0.6) is 11.5 Å². The van der Waals surface area contributed by atoms with Gasteiger partial charge in [-0.05, 0) is 31.5 Å². The topological polar surface area (TPSA) is 90.3 Å². The van der Waals surface area contributed by atoms with Crippen molar-refractivity contribution in [3.8, 4) is 11.5 Å². The van der Waals surface area contributed by atoms with Gasteiger partial charge in [-0.2, -0.15) is 0 Å². The number of amides is 2. The average molecular weight is 345 g/mol. The lowest BCUT2D eigenvalue weighted by Gasteiger charge is -2.17. The summed E-state index contributed by atoms with van der Waals surface area (Å²) in [4.78, 5) is 12.1. The fourth-order valence-corrected chi connectivity index (χ4v) is 2.62. The molecule has 0 fully saturated rings. The van der Waals surface area contributed by atoms with E-state index >= 15 is 0 Å². The van der Waals surface area contributed by atoms with E-state index in [9.17, 15) is 4.79 Å². The molecule has 0 aliphatic carbocycles. The third kappa shape index (κ3) is 4.20. The Labute approximate surface area is 146 Å². The average Bonchev–Trinajstić information content (AvgIpc) is 2.95. The number of urea groups is 1. The molecular weight excluding hydrogens is 322 g/mol. The lowest BCUT2D eigenvalue weighted by molar-refractivity contribution is 0.237. The summed E-state index contributed by atoms with van der Waals surface area (Å²) in [5, 5.41) is 13.6. The predicted octanol–water partition coefficient (Wildman–Crippen LogP) is 2.02. The summed E-state index contributed by atoms with van der Waals surface area (Å²) in [5.74, 6) is 2.19. The standard InChI is InChI=1S/C17H23N5O3/c1-3-22-11-19-21-16(22)10-18-17(23)20-12(2)13-5-6-14-15(9-13)25-8-4-7-24-14/h5-6,9,11-12H,3-4,7-8,10H2,1-2H3,(H2,18,20,23). The fraction of sp³-hybridized carbons (Fsp3) is 0.471. The highest BCUT2D eigenvalue weighted by Gasteiger charge is 2.15. The van der Waals surface area contributed by atoms with Crippen LogP contribution in [0, 0.1) is 0 Å². The van der Waals surface area contributed by atoms with Crippen LogP contribution in [0.2, 0.25) is 0 Å². The minimum atomic E-state index is -0.259. The third-order valence-electron chi connectivity index (χ3n) is 4.06. The van der Waals surface area contributed by atoms with Crippen LogP contribution in [0.25, 0.3) is 0 Å². The Hall–Kier alpha value is -2.77. The van der Waals surface area contributed by atoms with Gasteiger partial charge in [0.15, 0.2) is 17.3 Å². The molecule has 2 N–H and O–H groups in total. The molecule has 2 heterocycles. The number of nitrogens with zero attached hydrogens (tertiary/aromatic N) is 3. The van der Waals surface area contributed by atoms with Gasteiger partial charge in [0.25, 0.3) is 0 Å². The van der Waals surface area contributed by atoms with Gasteiger partial charge in [-0.15, -0.1) is 10.2 Å². The van der Waals surface area contributed by atoms with Crippen molar-refractivity contribution in [1.82, 2.24) is 25.4 Å². The molecule has 1 aromatic carbocycles. The second-order valence-corrected chi connectivity index (χ2v) is 5.84. The third-order valence-corrected chi connectivity index (χ3v) is 4.06. The Morgan fingerprint density at radius 2 is 2.12 bits per heavy atom. The highest BCUT2D eigenvalue weighted by atomic mass is 16.5. The van der Waals surface area contributed by atoms with Gasteiger partial charge in [0.2, 0.25) is 0 Å². The van der Waals surface area contributed by atoms with Crippen LogP contribution in [-0.2, 0) is 13.1 Å². The van der Waals surface area contributed by atoms with E-state index in [1.807, 2.05) is 36.6 Å². The van der Waals surface area contributed by atoms with Gasteiger partial charge in [0.05, 0.1) is 25.8 Å². The number of hydrogen-bond acceptors (Lipinski definition) is 5. The Morgan fingerprint density at radius 3 is 2.92 bits per heavy atom. The molecule has 0 saturated carbocycles. The van der Waals surface area contributed by atoms with Gasteiger partial charge in [-0.25, -0.2) is 4.79 Å². The summed E-state index contributed by atoms with van der Waals surface area (Å²) < 4.78 is 13.2. The zero-order valence-electron chi connectivity index (χ0n) is 14.5. The van der Waals surface area contributed by atoms with Crippen LogP contribution in [0.3, 0.4) is 0 Å². The fourth-order valence-electron chi connectivity index (χ4n) is 2.62. The summed E-state index contributed by atoms with van der Waals surface area (Å²) in [6.07, 6.45) is 2.51. The van der Waals surface area contributed by atoms with Gasteiger partial charge >= 0.3 is 6.03 Å². The van der Waals surface area contributed by atoms with E-state index in [1.54, 1.807) is 6.33 Å². The first kappa shape index (κ1) is 17.1. The Kier molecular flexibility index (Phi) is 5.37. The van der Waals surface area contributed by atoms with E-state index in [0.717, 1.165) is 35.9 Å². The number of aryl methyl sites for hydroxylation is 1. The maximum atomic E-state index is 12.1. The number of carbonyl (C=O) groups excluding carboxylic acids is 1. The van der Waals surface area contributed by atoms with E-state index < -0.39 is 0 Å². The highest BCUT2D eigenvalue weighted by molar-refractivity contribution is 5.74. The van der Waals surface area contributed by atoms with Crippen molar-refractivity contribution in [3.63, 3.8) is 0 Å². The molecule has 8 heteroatoms. The Balaban J connectivity index is 1.57. The molecule has 0 radical (unpaired) electrons. The van der Waals surface area contributed by atoms with Crippen molar-refractivity contribution >= 4 is 6.03 Å². The molecular formula is C17H23N5O3. The number of rotatable bonds is 5. The molecule has 3 rings (SSSR count). The SMILES string of the molecule is CCn1cnnc1CNC(=O)NC(C)c1ccc2c(c1)OCCCO2. The summed E-state index contributed by atoms with van der Waals surface area (Å²) in [6.45, 7) is 6.31. The number of nitrogens with one attached hydrogen (secondary N) is 2. The van der Waals surface area contributed by atoms with Crippen molar-refractivity contribution in [1.29, 1.82) is 0 Å². The Bertz CT molecular complexity index is 731. The summed E-state index contributed by atoms with van der Waals surface area (Å²) >= 11 is 0. The summed E-state index contributed by atoms with van der Waals surface area (Å²) in [7, 11) is 0. The van der Waals surface area contributed by atoms with Crippen LogP contribution in [0.15, 0.2) is 24.5 Å². The number of fused-ring (bicyclic) bond motifs is 1. The Morgan fingerprint density at radius 1 is 1.32 bits per heavy atom. The van der Waals surface area contributed by atoms with E-state index in [1.165, 1.54) is 0 Å². The van der Waals surface area contributed by atoms with Gasteiger partial charge in [0, 0.05) is 13.0 Å². The van der Waals surface area contributed by atoms with Crippen LogP contribution in [-0.4, -0.2) is 34.0 Å². The molecule has 25 heavy (non-hydrogen) atoms. The molecule has 134 valence electrons. The summed E-state index contributed by atoms with van der Waals surface area (Å²) in [6, 6.07) is 5.31. The highest BCUT2D eigenvalue weighted by Crippen LogP contribution is 2.32. The molecule has 1 unspecified atom stereocenters. The maximum absolute atomic E-state index is 12.1. The van der Waals surface area contributed by atoms with E-state index in [4.69, 9.17) is 9.47 Å². The largest absolute Gasteiger partial charge is 0.490 e. The minimum absolute atomic E-state index is 0.166. The second kappa shape index (κ2) is 7.87. The van der Waals surface area contributed by atoms with Crippen molar-refractivity contribution in [2.45, 2.75) is 39.4 Å². The smallest absolute Gasteiger partial charge is 0.315 e. The number of aromatic nitrogens is 3. The van der Waals surface area contributed by atoms with Crippen molar-refractivity contribution in [2.75, 3.05) is 13.2 Å².